The minimum Gasteiger partial charge on any atom is -0.368 e. The van der Waals surface area contributed by atoms with Crippen LogP contribution in [0, 0.1) is 0 Å². The molecule has 0 unspecified atom stereocenters. The molecule has 0 amide bonds. The van der Waals surface area contributed by atoms with Crippen molar-refractivity contribution in [1.82, 2.24) is 14.5 Å². The summed E-state index contributed by atoms with van der Waals surface area (Å²) >= 11 is 0. The first-order valence-electron chi connectivity index (χ1n) is 6.50. The van der Waals surface area contributed by atoms with Crippen LogP contribution in [0.4, 0.5) is 5.95 Å². The molecule has 0 saturated heterocycles. The summed E-state index contributed by atoms with van der Waals surface area (Å²) in [4.78, 5) is 19.9. The van der Waals surface area contributed by atoms with E-state index < -0.39 is 0 Å². The highest BCUT2D eigenvalue weighted by Crippen LogP contribution is 2.29. The summed E-state index contributed by atoms with van der Waals surface area (Å²) in [5, 5.41) is 0. The average Bonchev–Trinajstić information content (AvgIpc) is 2.51. The van der Waals surface area contributed by atoms with Gasteiger partial charge in [0.2, 0.25) is 11.5 Å². The maximum atomic E-state index is 11.5. The Labute approximate surface area is 121 Å². The quantitative estimate of drug-likeness (QED) is 0.779. The van der Waals surface area contributed by atoms with Crippen LogP contribution in [0.3, 0.4) is 0 Å². The first-order valence-corrected chi connectivity index (χ1v) is 6.50. The summed E-state index contributed by atoms with van der Waals surface area (Å²) in [6.45, 7) is 0. The largest absolute Gasteiger partial charge is 0.368 e. The number of aryl methyl sites for hydroxylation is 1. The van der Waals surface area contributed by atoms with Crippen LogP contribution < -0.4 is 11.3 Å². The monoisotopic (exact) mass is 278 g/mol. The van der Waals surface area contributed by atoms with Crippen LogP contribution in [0.15, 0.2) is 59.7 Å². The van der Waals surface area contributed by atoms with E-state index in [0.29, 0.717) is 0 Å². The van der Waals surface area contributed by atoms with Crippen molar-refractivity contribution in [1.29, 1.82) is 0 Å². The number of rotatable bonds is 2. The molecular formula is C16H14N4O. The molecule has 0 radical (unpaired) electrons. The Balaban J connectivity index is 2.23. The zero-order chi connectivity index (χ0) is 14.8. The average molecular weight is 278 g/mol. The summed E-state index contributed by atoms with van der Waals surface area (Å²) in [5.74, 6) is 0.224. The lowest BCUT2D eigenvalue weighted by Crippen LogP contribution is -2.14. The molecule has 0 fully saturated rings. The Kier molecular flexibility index (Phi) is 3.23. The minimum atomic E-state index is -0.0589. The van der Waals surface area contributed by atoms with Gasteiger partial charge in [0.15, 0.2) is 0 Å². The van der Waals surface area contributed by atoms with Crippen molar-refractivity contribution in [3.05, 3.63) is 65.2 Å². The van der Waals surface area contributed by atoms with Gasteiger partial charge in [0.25, 0.3) is 0 Å². The Morgan fingerprint density at radius 1 is 1.05 bits per heavy atom. The molecule has 0 aliphatic carbocycles. The molecule has 3 rings (SSSR count). The van der Waals surface area contributed by atoms with Gasteiger partial charge in [-0.1, -0.05) is 30.3 Å². The maximum absolute atomic E-state index is 11.5. The van der Waals surface area contributed by atoms with Crippen LogP contribution in [0.1, 0.15) is 0 Å². The smallest absolute Gasteiger partial charge is 0.250 e. The number of anilines is 1. The number of nitrogen functional groups attached to an aromatic ring is 1. The third-order valence-electron chi connectivity index (χ3n) is 3.25. The minimum absolute atomic E-state index is 0.0589. The van der Waals surface area contributed by atoms with Gasteiger partial charge in [-0.3, -0.25) is 4.79 Å². The van der Waals surface area contributed by atoms with E-state index in [2.05, 4.69) is 9.97 Å². The summed E-state index contributed by atoms with van der Waals surface area (Å²) < 4.78 is 1.53. The van der Waals surface area contributed by atoms with Crippen molar-refractivity contribution >= 4 is 5.95 Å². The van der Waals surface area contributed by atoms with Gasteiger partial charge in [-0.15, -0.1) is 0 Å². The second kappa shape index (κ2) is 5.20. The zero-order valence-corrected chi connectivity index (χ0v) is 11.5. The van der Waals surface area contributed by atoms with Crippen molar-refractivity contribution in [2.45, 2.75) is 0 Å². The lowest BCUT2D eigenvalue weighted by atomic mass is 10.0. The SMILES string of the molecule is Cn1cc(-c2cnc(N)nc2-c2ccccc2)ccc1=O. The summed E-state index contributed by atoms with van der Waals surface area (Å²) in [6.07, 6.45) is 3.45. The molecule has 1 aromatic carbocycles. The highest BCUT2D eigenvalue weighted by atomic mass is 16.1. The molecule has 5 heteroatoms. The Morgan fingerprint density at radius 3 is 2.52 bits per heavy atom. The van der Waals surface area contributed by atoms with Crippen molar-refractivity contribution in [2.75, 3.05) is 5.73 Å². The lowest BCUT2D eigenvalue weighted by Gasteiger charge is -2.10. The fraction of sp³-hybridized carbons (Fsp3) is 0.0625. The van der Waals surface area contributed by atoms with E-state index in [1.807, 2.05) is 30.3 Å². The van der Waals surface area contributed by atoms with Gasteiger partial charge < -0.3 is 10.3 Å². The molecule has 0 aliphatic heterocycles. The Morgan fingerprint density at radius 2 is 1.81 bits per heavy atom. The van der Waals surface area contributed by atoms with Crippen LogP contribution in [-0.2, 0) is 7.05 Å². The molecule has 2 heterocycles. The standard InChI is InChI=1S/C16H14N4O/c1-20-10-12(7-8-14(20)21)13-9-18-16(17)19-15(13)11-5-3-2-4-6-11/h2-10H,1H3,(H2,17,18,19). The highest BCUT2D eigenvalue weighted by molar-refractivity contribution is 5.80. The van der Waals surface area contributed by atoms with Gasteiger partial charge in [0, 0.05) is 42.2 Å². The topological polar surface area (TPSA) is 73.8 Å². The van der Waals surface area contributed by atoms with Crippen LogP contribution in [0.5, 0.6) is 0 Å². The Hall–Kier alpha value is -2.95. The lowest BCUT2D eigenvalue weighted by molar-refractivity contribution is 0.862. The van der Waals surface area contributed by atoms with Gasteiger partial charge in [-0.05, 0) is 6.07 Å². The van der Waals surface area contributed by atoms with Crippen LogP contribution in [0.25, 0.3) is 22.4 Å². The van der Waals surface area contributed by atoms with E-state index in [1.54, 1.807) is 25.5 Å². The predicted molar refractivity (Wildman–Crippen MR) is 82.6 cm³/mol. The van der Waals surface area contributed by atoms with Crippen molar-refractivity contribution in [3.63, 3.8) is 0 Å². The molecule has 0 spiro atoms. The molecule has 0 bridgehead atoms. The molecule has 0 aliphatic rings. The van der Waals surface area contributed by atoms with E-state index >= 15 is 0 Å². The fourth-order valence-corrected chi connectivity index (χ4v) is 2.18. The first kappa shape index (κ1) is 13.1. The van der Waals surface area contributed by atoms with E-state index in [0.717, 1.165) is 22.4 Å². The molecule has 104 valence electrons. The van der Waals surface area contributed by atoms with Crippen LogP contribution in [-0.4, -0.2) is 14.5 Å². The molecule has 2 aromatic heterocycles. The van der Waals surface area contributed by atoms with E-state index in [1.165, 1.54) is 10.6 Å². The molecule has 5 nitrogen and oxygen atoms in total. The molecule has 0 atom stereocenters. The van der Waals surface area contributed by atoms with Gasteiger partial charge in [0.05, 0.1) is 5.69 Å². The molecule has 0 saturated carbocycles. The van der Waals surface area contributed by atoms with Crippen LogP contribution in [0.2, 0.25) is 0 Å². The normalized spacial score (nSPS) is 10.5. The number of hydrogen-bond acceptors (Lipinski definition) is 4. The number of pyridine rings is 1. The number of nitrogens with two attached hydrogens (primary N) is 1. The Bertz CT molecular complexity index is 840. The summed E-state index contributed by atoms with van der Waals surface area (Å²) in [5.41, 5.74) is 9.08. The third kappa shape index (κ3) is 2.53. The number of nitrogens with zero attached hydrogens (tertiary/aromatic N) is 3. The number of benzene rings is 1. The second-order valence-corrected chi connectivity index (χ2v) is 4.72. The van der Waals surface area contributed by atoms with Crippen LogP contribution >= 0.6 is 0 Å². The van der Waals surface area contributed by atoms with E-state index in [4.69, 9.17) is 5.73 Å². The molecule has 21 heavy (non-hydrogen) atoms. The van der Waals surface area contributed by atoms with Crippen molar-refractivity contribution in [2.24, 2.45) is 7.05 Å². The van der Waals surface area contributed by atoms with Gasteiger partial charge in [-0.25, -0.2) is 9.97 Å². The van der Waals surface area contributed by atoms with E-state index in [-0.39, 0.29) is 11.5 Å². The molecule has 2 N–H and O–H groups in total. The highest BCUT2D eigenvalue weighted by Gasteiger charge is 2.11. The van der Waals surface area contributed by atoms with Gasteiger partial charge >= 0.3 is 0 Å². The van der Waals surface area contributed by atoms with Crippen molar-refractivity contribution in [3.8, 4) is 22.4 Å². The number of aromatic nitrogens is 3. The number of hydrogen-bond donors (Lipinski definition) is 1. The van der Waals surface area contributed by atoms with Gasteiger partial charge in [0.1, 0.15) is 0 Å². The predicted octanol–water partition coefficient (Wildman–Crippen LogP) is 2.09. The fourth-order valence-electron chi connectivity index (χ4n) is 2.18. The summed E-state index contributed by atoms with van der Waals surface area (Å²) in [6, 6.07) is 13.1. The second-order valence-electron chi connectivity index (χ2n) is 4.72. The molecule has 3 aromatic rings. The third-order valence-corrected chi connectivity index (χ3v) is 3.25. The van der Waals surface area contributed by atoms with Gasteiger partial charge in [-0.2, -0.15) is 0 Å². The van der Waals surface area contributed by atoms with Crippen molar-refractivity contribution < 1.29 is 0 Å². The summed E-state index contributed by atoms with van der Waals surface area (Å²) in [7, 11) is 1.71. The first-order chi connectivity index (χ1) is 10.1. The van der Waals surface area contributed by atoms with E-state index in [9.17, 15) is 4.79 Å². The zero-order valence-electron chi connectivity index (χ0n) is 11.5. The maximum Gasteiger partial charge on any atom is 0.250 e. The molecular weight excluding hydrogens is 264 g/mol.